The normalized spacial score (nSPS) is 11.1. The molecule has 0 spiro atoms. The summed E-state index contributed by atoms with van der Waals surface area (Å²) in [5, 5.41) is 0.523. The molecule has 0 aliphatic rings. The van der Waals surface area contributed by atoms with E-state index >= 15 is 0 Å². The summed E-state index contributed by atoms with van der Waals surface area (Å²) in [6.45, 7) is 0. The number of rotatable bonds is 1. The monoisotopic (exact) mass is 277 g/mol. The van der Waals surface area contributed by atoms with E-state index in [9.17, 15) is 9.59 Å². The standard InChI is InChI=1S/C11H7N3O2S2/c12-8(15)7-9-13-10(16)5-3-1-2-4-6(5)14(9)11(17)18-7/h1-4H,(H2,12,15)(H,13,16). The molecule has 0 radical (unpaired) electrons. The minimum Gasteiger partial charge on any atom is -0.365 e. The van der Waals surface area contributed by atoms with Crippen molar-refractivity contribution in [2.24, 2.45) is 5.73 Å². The fourth-order valence-corrected chi connectivity index (χ4v) is 3.14. The average molecular weight is 277 g/mol. The molecule has 0 saturated heterocycles. The summed E-state index contributed by atoms with van der Waals surface area (Å²) < 4.78 is 2.14. The lowest BCUT2D eigenvalue weighted by atomic mass is 10.2. The molecule has 0 atom stereocenters. The van der Waals surface area contributed by atoms with Gasteiger partial charge in [-0.1, -0.05) is 23.5 Å². The van der Waals surface area contributed by atoms with Crippen LogP contribution < -0.4 is 11.3 Å². The first-order chi connectivity index (χ1) is 8.59. The number of aromatic nitrogens is 2. The third kappa shape index (κ3) is 1.41. The van der Waals surface area contributed by atoms with Crippen molar-refractivity contribution in [2.45, 2.75) is 0 Å². The van der Waals surface area contributed by atoms with E-state index < -0.39 is 5.91 Å². The number of fused-ring (bicyclic) bond motifs is 3. The minimum absolute atomic E-state index is 0.263. The molecule has 2 aromatic heterocycles. The number of amides is 1. The Morgan fingerprint density at radius 2 is 2.11 bits per heavy atom. The lowest BCUT2D eigenvalue weighted by molar-refractivity contribution is 0.100. The smallest absolute Gasteiger partial charge is 0.262 e. The van der Waals surface area contributed by atoms with Crippen molar-refractivity contribution < 1.29 is 4.79 Å². The number of aromatic amines is 1. The number of H-pyrrole nitrogens is 1. The van der Waals surface area contributed by atoms with Crippen LogP contribution in [0, 0.1) is 3.95 Å². The van der Waals surface area contributed by atoms with E-state index in [1.54, 1.807) is 22.6 Å². The molecule has 7 heteroatoms. The molecular weight excluding hydrogens is 270 g/mol. The highest BCUT2D eigenvalue weighted by Crippen LogP contribution is 2.21. The largest absolute Gasteiger partial charge is 0.365 e. The molecular formula is C11H7N3O2S2. The molecule has 5 nitrogen and oxygen atoms in total. The quantitative estimate of drug-likeness (QED) is 0.664. The van der Waals surface area contributed by atoms with Gasteiger partial charge in [0.1, 0.15) is 10.5 Å². The Labute approximate surface area is 109 Å². The first-order valence-electron chi connectivity index (χ1n) is 5.06. The number of primary amides is 1. The van der Waals surface area contributed by atoms with Crippen LogP contribution in [-0.2, 0) is 0 Å². The molecule has 2 heterocycles. The number of hydrogen-bond acceptors (Lipinski definition) is 4. The molecule has 0 aliphatic heterocycles. The topological polar surface area (TPSA) is 80.4 Å². The van der Waals surface area contributed by atoms with Crippen LogP contribution in [0.2, 0.25) is 0 Å². The summed E-state index contributed by atoms with van der Waals surface area (Å²) in [5.41, 5.74) is 6.05. The molecule has 3 N–H and O–H groups in total. The second kappa shape index (κ2) is 3.76. The van der Waals surface area contributed by atoms with Crippen LogP contribution in [0.25, 0.3) is 16.6 Å². The Morgan fingerprint density at radius 1 is 1.39 bits per heavy atom. The van der Waals surface area contributed by atoms with Gasteiger partial charge in [0.15, 0.2) is 3.95 Å². The first kappa shape index (κ1) is 11.1. The van der Waals surface area contributed by atoms with E-state index in [0.29, 0.717) is 20.5 Å². The van der Waals surface area contributed by atoms with Crippen molar-refractivity contribution in [3.8, 4) is 0 Å². The van der Waals surface area contributed by atoms with Crippen LogP contribution in [0.5, 0.6) is 0 Å². The Bertz CT molecular complexity index is 904. The minimum atomic E-state index is -0.598. The molecule has 0 unspecified atom stereocenters. The van der Waals surface area contributed by atoms with Gasteiger partial charge in [-0.15, -0.1) is 0 Å². The molecule has 90 valence electrons. The number of para-hydroxylation sites is 1. The Kier molecular flexibility index (Phi) is 2.32. The second-order valence-electron chi connectivity index (χ2n) is 3.72. The number of carbonyl (C=O) groups excluding carboxylic acids is 1. The third-order valence-electron chi connectivity index (χ3n) is 2.66. The van der Waals surface area contributed by atoms with Crippen LogP contribution in [0.15, 0.2) is 29.1 Å². The molecule has 0 bridgehead atoms. The van der Waals surface area contributed by atoms with Gasteiger partial charge in [-0.05, 0) is 24.4 Å². The van der Waals surface area contributed by atoms with Crippen molar-refractivity contribution in [1.29, 1.82) is 0 Å². The van der Waals surface area contributed by atoms with Gasteiger partial charge in [0, 0.05) is 0 Å². The van der Waals surface area contributed by atoms with Gasteiger partial charge < -0.3 is 10.7 Å². The summed E-state index contributed by atoms with van der Waals surface area (Å²) >= 11 is 6.31. The summed E-state index contributed by atoms with van der Waals surface area (Å²) in [5.74, 6) is -0.598. The molecule has 0 aliphatic carbocycles. The lowest BCUT2D eigenvalue weighted by Crippen LogP contribution is -2.14. The number of nitrogens with zero attached hydrogens (tertiary/aromatic N) is 1. The van der Waals surface area contributed by atoms with Gasteiger partial charge in [-0.25, -0.2) is 0 Å². The highest BCUT2D eigenvalue weighted by atomic mass is 32.1. The lowest BCUT2D eigenvalue weighted by Gasteiger charge is -2.01. The number of carbonyl (C=O) groups is 1. The van der Waals surface area contributed by atoms with Crippen LogP contribution in [-0.4, -0.2) is 15.3 Å². The average Bonchev–Trinajstić information content (AvgIpc) is 2.67. The Balaban J connectivity index is 2.69. The molecule has 18 heavy (non-hydrogen) atoms. The fourth-order valence-electron chi connectivity index (χ4n) is 1.91. The van der Waals surface area contributed by atoms with Crippen LogP contribution >= 0.6 is 23.6 Å². The predicted octanol–water partition coefficient (Wildman–Crippen LogP) is 1.67. The number of hydrogen-bond donors (Lipinski definition) is 2. The van der Waals surface area contributed by atoms with Crippen molar-refractivity contribution >= 4 is 46.0 Å². The molecule has 3 aromatic rings. The van der Waals surface area contributed by atoms with Gasteiger partial charge in [0.2, 0.25) is 0 Å². The third-order valence-corrected chi connectivity index (χ3v) is 4.04. The summed E-state index contributed by atoms with van der Waals surface area (Å²) in [7, 11) is 0. The fraction of sp³-hybridized carbons (Fsp3) is 0. The summed E-state index contributed by atoms with van der Waals surface area (Å²) in [6, 6.07) is 7.07. The highest BCUT2D eigenvalue weighted by molar-refractivity contribution is 7.73. The maximum atomic E-state index is 11.9. The molecule has 1 amide bonds. The highest BCUT2D eigenvalue weighted by Gasteiger charge is 2.15. The van der Waals surface area contributed by atoms with Crippen LogP contribution in [0.3, 0.4) is 0 Å². The Hall–Kier alpha value is -1.99. The maximum absolute atomic E-state index is 11.9. The molecule has 3 rings (SSSR count). The van der Waals surface area contributed by atoms with Crippen molar-refractivity contribution in [3.05, 3.63) is 43.5 Å². The first-order valence-corrected chi connectivity index (χ1v) is 6.28. The zero-order valence-electron chi connectivity index (χ0n) is 8.97. The molecule has 0 fully saturated rings. The number of nitrogens with one attached hydrogen (secondary N) is 1. The van der Waals surface area contributed by atoms with E-state index in [0.717, 1.165) is 11.3 Å². The zero-order chi connectivity index (χ0) is 12.9. The Morgan fingerprint density at radius 3 is 2.83 bits per heavy atom. The number of benzene rings is 1. The van der Waals surface area contributed by atoms with Crippen molar-refractivity contribution in [2.75, 3.05) is 0 Å². The zero-order valence-corrected chi connectivity index (χ0v) is 10.6. The van der Waals surface area contributed by atoms with E-state index in [2.05, 4.69) is 4.98 Å². The van der Waals surface area contributed by atoms with Crippen molar-refractivity contribution in [3.63, 3.8) is 0 Å². The SMILES string of the molecule is NC(=O)c1sc(=S)n2c1[nH]c(=O)c1ccccc12. The maximum Gasteiger partial charge on any atom is 0.262 e. The molecule has 1 aromatic carbocycles. The van der Waals surface area contributed by atoms with E-state index in [1.807, 2.05) is 6.07 Å². The van der Waals surface area contributed by atoms with Gasteiger partial charge in [-0.2, -0.15) is 0 Å². The van der Waals surface area contributed by atoms with E-state index in [4.69, 9.17) is 18.0 Å². The van der Waals surface area contributed by atoms with Gasteiger partial charge in [0.05, 0.1) is 10.9 Å². The number of thiazole rings is 1. The number of nitrogens with two attached hydrogens (primary N) is 1. The van der Waals surface area contributed by atoms with Gasteiger partial charge in [-0.3, -0.25) is 14.0 Å². The van der Waals surface area contributed by atoms with Crippen LogP contribution in [0.1, 0.15) is 9.67 Å². The predicted molar refractivity (Wildman–Crippen MR) is 72.8 cm³/mol. The van der Waals surface area contributed by atoms with Gasteiger partial charge >= 0.3 is 0 Å². The van der Waals surface area contributed by atoms with E-state index in [-0.39, 0.29) is 10.4 Å². The summed E-state index contributed by atoms with van der Waals surface area (Å²) in [6.07, 6.45) is 0. The van der Waals surface area contributed by atoms with Crippen molar-refractivity contribution in [1.82, 2.24) is 9.38 Å². The second-order valence-corrected chi connectivity index (χ2v) is 5.36. The molecule has 0 saturated carbocycles. The van der Waals surface area contributed by atoms with Crippen LogP contribution in [0.4, 0.5) is 0 Å². The van der Waals surface area contributed by atoms with E-state index in [1.165, 1.54) is 0 Å². The summed E-state index contributed by atoms with van der Waals surface area (Å²) in [4.78, 5) is 26.2. The van der Waals surface area contributed by atoms with Gasteiger partial charge in [0.25, 0.3) is 11.5 Å².